The number of carbonyl (C=O) groups excluding carboxylic acids is 3. The molecule has 4 aliphatic rings. The fourth-order valence-corrected chi connectivity index (χ4v) is 7.02. The summed E-state index contributed by atoms with van der Waals surface area (Å²) in [7, 11) is 0. The van der Waals surface area contributed by atoms with E-state index in [0.717, 1.165) is 51.7 Å². The topological polar surface area (TPSA) is 91.0 Å². The first-order chi connectivity index (χ1) is 18.4. The normalized spacial score (nSPS) is 30.2. The SMILES string of the molecule is CCN(CC)CCCN1C(=O)[C@H]2C(C(=O)Nc3cccc(Cl)c3)[C@H]3C=CC2(O3)C1C(=O)NC1CCCCC1. The van der Waals surface area contributed by atoms with E-state index >= 15 is 0 Å². The van der Waals surface area contributed by atoms with E-state index in [9.17, 15) is 14.4 Å². The Hall–Kier alpha value is -2.42. The summed E-state index contributed by atoms with van der Waals surface area (Å²) in [5.74, 6) is -2.10. The third-order valence-corrected chi connectivity index (χ3v) is 8.97. The number of rotatable bonds is 10. The lowest BCUT2D eigenvalue weighted by Crippen LogP contribution is -2.56. The van der Waals surface area contributed by atoms with Gasteiger partial charge in [-0.25, -0.2) is 0 Å². The second-order valence-corrected chi connectivity index (χ2v) is 11.4. The molecule has 9 heteroatoms. The first kappa shape index (κ1) is 27.2. The Bertz CT molecular complexity index is 1090. The molecule has 0 aromatic heterocycles. The number of hydrogen-bond acceptors (Lipinski definition) is 5. The van der Waals surface area contributed by atoms with Crippen LogP contribution in [0.4, 0.5) is 5.69 Å². The summed E-state index contributed by atoms with van der Waals surface area (Å²) < 4.78 is 6.44. The number of hydrogen-bond donors (Lipinski definition) is 2. The van der Waals surface area contributed by atoms with Crippen molar-refractivity contribution < 1.29 is 19.1 Å². The zero-order chi connectivity index (χ0) is 26.9. The number of carbonyl (C=O) groups is 3. The van der Waals surface area contributed by atoms with Gasteiger partial charge in [-0.3, -0.25) is 14.4 Å². The molecule has 5 rings (SSSR count). The van der Waals surface area contributed by atoms with Crippen molar-refractivity contribution in [2.75, 3.05) is 31.5 Å². The molecular formula is C29H39ClN4O4. The van der Waals surface area contributed by atoms with E-state index in [0.29, 0.717) is 17.3 Å². The third kappa shape index (κ3) is 4.98. The van der Waals surface area contributed by atoms with Gasteiger partial charge in [0.1, 0.15) is 11.6 Å². The average Bonchev–Trinajstić information content (AvgIpc) is 3.54. The van der Waals surface area contributed by atoms with Gasteiger partial charge in [-0.05, 0) is 57.1 Å². The van der Waals surface area contributed by atoms with Crippen LogP contribution >= 0.6 is 11.6 Å². The number of amides is 3. The number of anilines is 1. The highest BCUT2D eigenvalue weighted by Crippen LogP contribution is 2.55. The molecule has 3 heterocycles. The number of likely N-dealkylation sites (tertiary alicyclic amines) is 1. The van der Waals surface area contributed by atoms with Crippen LogP contribution in [0.3, 0.4) is 0 Å². The lowest BCUT2D eigenvalue weighted by Gasteiger charge is -2.34. The van der Waals surface area contributed by atoms with Crippen molar-refractivity contribution in [2.24, 2.45) is 11.8 Å². The van der Waals surface area contributed by atoms with E-state index in [1.165, 1.54) is 6.42 Å². The van der Waals surface area contributed by atoms with Crippen LogP contribution < -0.4 is 10.6 Å². The number of nitrogens with one attached hydrogen (secondary N) is 2. The molecule has 3 amide bonds. The van der Waals surface area contributed by atoms with Crippen molar-refractivity contribution in [3.05, 3.63) is 41.4 Å². The van der Waals surface area contributed by atoms with Crippen molar-refractivity contribution in [2.45, 2.75) is 76.2 Å². The zero-order valence-corrected chi connectivity index (χ0v) is 23.1. The van der Waals surface area contributed by atoms with Crippen molar-refractivity contribution >= 4 is 35.0 Å². The molecule has 1 aromatic rings. The van der Waals surface area contributed by atoms with Gasteiger partial charge >= 0.3 is 0 Å². The van der Waals surface area contributed by atoms with Gasteiger partial charge in [0.2, 0.25) is 17.7 Å². The molecule has 2 N–H and O–H groups in total. The van der Waals surface area contributed by atoms with Crippen LogP contribution in [0, 0.1) is 11.8 Å². The first-order valence-corrected chi connectivity index (χ1v) is 14.5. The van der Waals surface area contributed by atoms with Crippen molar-refractivity contribution in [1.29, 1.82) is 0 Å². The van der Waals surface area contributed by atoms with Gasteiger partial charge < -0.3 is 25.2 Å². The molecule has 8 nitrogen and oxygen atoms in total. The van der Waals surface area contributed by atoms with Crippen molar-refractivity contribution in [1.82, 2.24) is 15.1 Å². The minimum absolute atomic E-state index is 0.115. The number of benzene rings is 1. The second-order valence-electron chi connectivity index (χ2n) is 11.0. The van der Waals surface area contributed by atoms with Gasteiger partial charge in [-0.1, -0.05) is 62.9 Å². The molecule has 3 unspecified atom stereocenters. The van der Waals surface area contributed by atoms with E-state index in [4.69, 9.17) is 16.3 Å². The number of nitrogens with zero attached hydrogens (tertiary/aromatic N) is 2. The predicted octanol–water partition coefficient (Wildman–Crippen LogP) is 3.61. The first-order valence-electron chi connectivity index (χ1n) is 14.1. The molecule has 0 radical (unpaired) electrons. The van der Waals surface area contributed by atoms with Gasteiger partial charge in [0.25, 0.3) is 0 Å². The summed E-state index contributed by atoms with van der Waals surface area (Å²) in [4.78, 5) is 45.4. The molecule has 1 spiro atoms. The smallest absolute Gasteiger partial charge is 0.246 e. The highest BCUT2D eigenvalue weighted by atomic mass is 35.5. The largest absolute Gasteiger partial charge is 0.359 e. The summed E-state index contributed by atoms with van der Waals surface area (Å²) in [6, 6.07) is 6.27. The maximum absolute atomic E-state index is 14.0. The Morgan fingerprint density at radius 3 is 2.63 bits per heavy atom. The maximum atomic E-state index is 14.0. The Morgan fingerprint density at radius 1 is 1.16 bits per heavy atom. The Balaban J connectivity index is 1.40. The fraction of sp³-hybridized carbons (Fsp3) is 0.621. The summed E-state index contributed by atoms with van der Waals surface area (Å²) in [5, 5.41) is 6.68. The molecular weight excluding hydrogens is 504 g/mol. The zero-order valence-electron chi connectivity index (χ0n) is 22.3. The van der Waals surface area contributed by atoms with Crippen LogP contribution in [0.1, 0.15) is 52.4 Å². The minimum atomic E-state index is -1.13. The van der Waals surface area contributed by atoms with E-state index in [1.807, 2.05) is 12.2 Å². The van der Waals surface area contributed by atoms with Crippen LogP contribution in [0.15, 0.2) is 36.4 Å². The van der Waals surface area contributed by atoms with Crippen LogP contribution in [0.5, 0.6) is 0 Å². The number of ether oxygens (including phenoxy) is 1. The van der Waals surface area contributed by atoms with Crippen LogP contribution in [-0.4, -0.2) is 77.5 Å². The van der Waals surface area contributed by atoms with Crippen LogP contribution in [-0.2, 0) is 19.1 Å². The highest BCUT2D eigenvalue weighted by molar-refractivity contribution is 6.30. The summed E-state index contributed by atoms with van der Waals surface area (Å²) in [5.41, 5.74) is -0.567. The number of halogens is 1. The summed E-state index contributed by atoms with van der Waals surface area (Å²) >= 11 is 6.11. The van der Waals surface area contributed by atoms with Crippen molar-refractivity contribution in [3.8, 4) is 0 Å². The predicted molar refractivity (Wildman–Crippen MR) is 147 cm³/mol. The monoisotopic (exact) mass is 542 g/mol. The quantitative estimate of drug-likeness (QED) is 0.441. The number of fused-ring (bicyclic) bond motifs is 1. The molecule has 38 heavy (non-hydrogen) atoms. The van der Waals surface area contributed by atoms with Crippen molar-refractivity contribution in [3.63, 3.8) is 0 Å². The van der Waals surface area contributed by atoms with Gasteiger partial charge in [-0.15, -0.1) is 0 Å². The molecule has 2 bridgehead atoms. The molecule has 1 saturated carbocycles. The molecule has 1 aliphatic carbocycles. The standard InChI is InChI=1S/C29H39ClN4O4/c1-3-33(4-2)16-9-17-34-25(27(36)31-20-11-6-5-7-12-20)29-15-14-22(38-29)23(24(29)28(34)37)26(35)32-21-13-8-10-19(30)18-21/h8,10,13-15,18,20,22-25H,3-7,9,11-12,16-17H2,1-2H3,(H,31,36)(H,32,35)/t22-,23?,24-,25?,29?/m1/s1. The maximum Gasteiger partial charge on any atom is 0.246 e. The molecule has 5 atom stereocenters. The Morgan fingerprint density at radius 2 is 1.92 bits per heavy atom. The second kappa shape index (κ2) is 11.4. The Labute approximate surface area is 230 Å². The van der Waals surface area contributed by atoms with Gasteiger partial charge in [0, 0.05) is 23.3 Å². The van der Waals surface area contributed by atoms with Gasteiger partial charge in [-0.2, -0.15) is 0 Å². The summed E-state index contributed by atoms with van der Waals surface area (Å²) in [6.45, 7) is 7.39. The lowest BCUT2D eigenvalue weighted by atomic mass is 9.74. The minimum Gasteiger partial charge on any atom is -0.359 e. The molecule has 206 valence electrons. The van der Waals surface area contributed by atoms with E-state index in [2.05, 4.69) is 29.4 Å². The van der Waals surface area contributed by atoms with E-state index < -0.39 is 29.6 Å². The third-order valence-electron chi connectivity index (χ3n) is 8.74. The highest BCUT2D eigenvalue weighted by Gasteiger charge is 2.72. The molecule has 2 saturated heterocycles. The molecule has 3 fully saturated rings. The average molecular weight is 543 g/mol. The Kier molecular flexibility index (Phi) is 8.12. The molecule has 3 aliphatic heterocycles. The van der Waals surface area contributed by atoms with Crippen LogP contribution in [0.2, 0.25) is 5.02 Å². The summed E-state index contributed by atoms with van der Waals surface area (Å²) in [6.07, 6.45) is 9.21. The van der Waals surface area contributed by atoms with Gasteiger partial charge in [0.15, 0.2) is 0 Å². The fourth-order valence-electron chi connectivity index (χ4n) is 6.83. The van der Waals surface area contributed by atoms with Gasteiger partial charge in [0.05, 0.1) is 17.9 Å². The lowest BCUT2D eigenvalue weighted by molar-refractivity contribution is -0.141. The van der Waals surface area contributed by atoms with E-state index in [-0.39, 0.29) is 23.8 Å². The molecule has 1 aromatic carbocycles. The van der Waals surface area contributed by atoms with Crippen LogP contribution in [0.25, 0.3) is 0 Å². The van der Waals surface area contributed by atoms with E-state index in [1.54, 1.807) is 29.2 Å².